The smallest absolute Gasteiger partial charge is 0.407 e. The lowest BCUT2D eigenvalue weighted by atomic mass is 10.2. The number of nitrogens with one attached hydrogen (secondary N) is 1. The van der Waals surface area contributed by atoms with Crippen LogP contribution in [0.15, 0.2) is 30.3 Å². The molecule has 1 aliphatic rings. The third kappa shape index (κ3) is 8.26. The Bertz CT molecular complexity index is 561. The highest BCUT2D eigenvalue weighted by Crippen LogP contribution is 2.10. The number of carbonyl (C=O) groups is 1. The van der Waals surface area contributed by atoms with E-state index in [0.29, 0.717) is 39.5 Å². The molecule has 1 aromatic rings. The summed E-state index contributed by atoms with van der Waals surface area (Å²) in [6.07, 6.45) is -0.468. The molecule has 0 bridgehead atoms. The van der Waals surface area contributed by atoms with E-state index in [1.54, 1.807) is 0 Å². The number of alkyl carbamates (subject to hydrolysis) is 1. The molecule has 1 heterocycles. The lowest BCUT2D eigenvalue weighted by Crippen LogP contribution is -2.54. The second-order valence-corrected chi connectivity index (χ2v) is 7.75. The Kier molecular flexibility index (Phi) is 8.50. The van der Waals surface area contributed by atoms with Crippen LogP contribution < -0.4 is 5.32 Å². The summed E-state index contributed by atoms with van der Waals surface area (Å²) in [5.74, 6) is 0. The first-order valence-electron chi connectivity index (χ1n) is 9.41. The lowest BCUT2D eigenvalue weighted by Gasteiger charge is -2.36. The Labute approximate surface area is 161 Å². The highest BCUT2D eigenvalue weighted by Gasteiger charge is 2.27. The Morgan fingerprint density at radius 3 is 2.78 bits per heavy atom. The molecule has 2 rings (SSSR count). The minimum Gasteiger partial charge on any atom is -0.444 e. The molecule has 0 radical (unpaired) electrons. The van der Waals surface area contributed by atoms with E-state index in [1.165, 1.54) is 0 Å². The van der Waals surface area contributed by atoms with Crippen LogP contribution in [0.5, 0.6) is 0 Å². The highest BCUT2D eigenvalue weighted by molar-refractivity contribution is 5.68. The molecular weight excluding hydrogens is 348 g/mol. The third-order valence-corrected chi connectivity index (χ3v) is 4.17. The average Bonchev–Trinajstić information content (AvgIpc) is 2.61. The van der Waals surface area contributed by atoms with Gasteiger partial charge in [-0.25, -0.2) is 4.79 Å². The van der Waals surface area contributed by atoms with Gasteiger partial charge in [0.25, 0.3) is 0 Å². The summed E-state index contributed by atoms with van der Waals surface area (Å²) in [5.41, 5.74) is 0.514. The number of aliphatic hydroxyl groups excluding tert-OH is 1. The van der Waals surface area contributed by atoms with Crippen LogP contribution in [0.3, 0.4) is 0 Å². The number of aliphatic hydroxyl groups is 1. The number of rotatable bonds is 8. The van der Waals surface area contributed by atoms with E-state index in [4.69, 9.17) is 14.2 Å². The van der Waals surface area contributed by atoms with Crippen molar-refractivity contribution in [3.8, 4) is 0 Å². The van der Waals surface area contributed by atoms with Gasteiger partial charge in [-0.15, -0.1) is 0 Å². The van der Waals surface area contributed by atoms with Gasteiger partial charge in [0, 0.05) is 13.1 Å². The molecule has 1 fully saturated rings. The molecule has 1 unspecified atom stereocenters. The Morgan fingerprint density at radius 2 is 2.11 bits per heavy atom. The molecule has 2 N–H and O–H groups in total. The zero-order valence-electron chi connectivity index (χ0n) is 16.5. The van der Waals surface area contributed by atoms with Crippen LogP contribution in [0.4, 0.5) is 4.79 Å². The molecule has 1 saturated heterocycles. The summed E-state index contributed by atoms with van der Waals surface area (Å²) in [6.45, 7) is 8.69. The van der Waals surface area contributed by atoms with Crippen LogP contribution in [-0.4, -0.2) is 73.3 Å². The van der Waals surface area contributed by atoms with Gasteiger partial charge in [0.05, 0.1) is 45.1 Å². The maximum Gasteiger partial charge on any atom is 0.407 e. The van der Waals surface area contributed by atoms with Gasteiger partial charge >= 0.3 is 6.09 Å². The molecule has 2 atom stereocenters. The fraction of sp³-hybridized carbons (Fsp3) is 0.650. The number of ether oxygens (including phenoxy) is 3. The summed E-state index contributed by atoms with van der Waals surface area (Å²) in [7, 11) is 0. The molecule has 0 spiro atoms. The number of hydrogen-bond acceptors (Lipinski definition) is 6. The standard InChI is InChI=1S/C20H32N2O5/c1-20(2,3)27-19(24)21-17(11-22-9-10-25-15-18(22)12-23)14-26-13-16-7-5-4-6-8-16/h4-8,17-18,23H,9-15H2,1-3H3,(H,21,24)/t17-,18?/m0/s1. The number of nitrogens with zero attached hydrogens (tertiary/aromatic N) is 1. The zero-order valence-corrected chi connectivity index (χ0v) is 16.5. The fourth-order valence-corrected chi connectivity index (χ4v) is 2.89. The van der Waals surface area contributed by atoms with Crippen molar-refractivity contribution in [2.75, 3.05) is 39.5 Å². The van der Waals surface area contributed by atoms with Gasteiger partial charge in [0.2, 0.25) is 0 Å². The zero-order chi connectivity index (χ0) is 19.7. The van der Waals surface area contributed by atoms with Crippen molar-refractivity contribution in [2.45, 2.75) is 45.1 Å². The van der Waals surface area contributed by atoms with Crippen LogP contribution >= 0.6 is 0 Å². The van der Waals surface area contributed by atoms with Crippen LogP contribution in [0.2, 0.25) is 0 Å². The van der Waals surface area contributed by atoms with Crippen molar-refractivity contribution >= 4 is 6.09 Å². The minimum absolute atomic E-state index is 0.0179. The van der Waals surface area contributed by atoms with Gasteiger partial charge in [-0.1, -0.05) is 30.3 Å². The van der Waals surface area contributed by atoms with Crippen molar-refractivity contribution in [3.63, 3.8) is 0 Å². The van der Waals surface area contributed by atoms with Gasteiger partial charge < -0.3 is 24.6 Å². The first kappa shape index (κ1) is 21.6. The van der Waals surface area contributed by atoms with E-state index in [2.05, 4.69) is 10.2 Å². The van der Waals surface area contributed by atoms with Crippen molar-refractivity contribution in [3.05, 3.63) is 35.9 Å². The quantitative estimate of drug-likeness (QED) is 0.716. The van der Waals surface area contributed by atoms with Gasteiger partial charge in [0.15, 0.2) is 0 Å². The summed E-state index contributed by atoms with van der Waals surface area (Å²) < 4.78 is 16.6. The number of carbonyl (C=O) groups excluding carboxylic acids is 1. The number of morpholine rings is 1. The van der Waals surface area contributed by atoms with Crippen LogP contribution in [-0.2, 0) is 20.8 Å². The van der Waals surface area contributed by atoms with Crippen LogP contribution in [0.25, 0.3) is 0 Å². The summed E-state index contributed by atoms with van der Waals surface area (Å²) in [4.78, 5) is 14.3. The fourth-order valence-electron chi connectivity index (χ4n) is 2.89. The maximum atomic E-state index is 12.2. The largest absolute Gasteiger partial charge is 0.444 e. The van der Waals surface area contributed by atoms with Gasteiger partial charge in [-0.3, -0.25) is 4.90 Å². The second-order valence-electron chi connectivity index (χ2n) is 7.75. The predicted octanol–water partition coefficient (Wildman–Crippen LogP) is 1.79. The molecule has 0 saturated carbocycles. The van der Waals surface area contributed by atoms with Gasteiger partial charge in [0.1, 0.15) is 5.60 Å². The topological polar surface area (TPSA) is 80.3 Å². The predicted molar refractivity (Wildman–Crippen MR) is 103 cm³/mol. The first-order chi connectivity index (χ1) is 12.9. The summed E-state index contributed by atoms with van der Waals surface area (Å²) >= 11 is 0. The molecule has 1 aliphatic heterocycles. The van der Waals surface area contributed by atoms with Crippen LogP contribution in [0.1, 0.15) is 26.3 Å². The molecule has 7 nitrogen and oxygen atoms in total. The molecule has 0 aromatic heterocycles. The minimum atomic E-state index is -0.563. The van der Waals surface area contributed by atoms with Gasteiger partial charge in [-0.2, -0.15) is 0 Å². The average molecular weight is 380 g/mol. The number of benzene rings is 1. The molecule has 1 aromatic carbocycles. The summed E-state index contributed by atoms with van der Waals surface area (Å²) in [5, 5.41) is 12.5. The molecule has 152 valence electrons. The Hall–Kier alpha value is -1.67. The number of amides is 1. The number of hydrogen-bond donors (Lipinski definition) is 2. The van der Waals surface area contributed by atoms with E-state index in [1.807, 2.05) is 51.1 Å². The van der Waals surface area contributed by atoms with E-state index < -0.39 is 11.7 Å². The van der Waals surface area contributed by atoms with Crippen molar-refractivity contribution in [1.82, 2.24) is 10.2 Å². The first-order valence-corrected chi connectivity index (χ1v) is 9.41. The Morgan fingerprint density at radius 1 is 1.37 bits per heavy atom. The monoisotopic (exact) mass is 380 g/mol. The SMILES string of the molecule is CC(C)(C)OC(=O)N[C@H](COCc1ccccc1)CN1CCOCC1CO. The van der Waals surface area contributed by atoms with Crippen molar-refractivity contribution < 1.29 is 24.1 Å². The van der Waals surface area contributed by atoms with E-state index in [-0.39, 0.29) is 18.7 Å². The molecular formula is C20H32N2O5. The normalized spacial score (nSPS) is 19.5. The van der Waals surface area contributed by atoms with Crippen molar-refractivity contribution in [1.29, 1.82) is 0 Å². The third-order valence-electron chi connectivity index (χ3n) is 4.17. The highest BCUT2D eigenvalue weighted by atomic mass is 16.6. The van der Waals surface area contributed by atoms with Crippen LogP contribution in [0, 0.1) is 0 Å². The molecule has 0 aliphatic carbocycles. The van der Waals surface area contributed by atoms with Crippen molar-refractivity contribution in [2.24, 2.45) is 0 Å². The van der Waals surface area contributed by atoms with E-state index in [0.717, 1.165) is 5.56 Å². The van der Waals surface area contributed by atoms with E-state index in [9.17, 15) is 9.90 Å². The summed E-state index contributed by atoms with van der Waals surface area (Å²) in [6, 6.07) is 9.57. The maximum absolute atomic E-state index is 12.2. The second kappa shape index (κ2) is 10.6. The lowest BCUT2D eigenvalue weighted by molar-refractivity contribution is -0.0364. The van der Waals surface area contributed by atoms with Gasteiger partial charge in [-0.05, 0) is 26.3 Å². The molecule has 7 heteroatoms. The molecule has 27 heavy (non-hydrogen) atoms. The Balaban J connectivity index is 1.93. The molecule has 1 amide bonds. The van der Waals surface area contributed by atoms with E-state index >= 15 is 0 Å².